The van der Waals surface area contributed by atoms with Gasteiger partial charge in [-0.25, -0.2) is 0 Å². The van der Waals surface area contributed by atoms with Gasteiger partial charge in [-0.3, -0.25) is 0 Å². The first-order valence-electron chi connectivity index (χ1n) is 36.1. The van der Waals surface area contributed by atoms with Gasteiger partial charge in [0.1, 0.15) is 0 Å². The second-order valence-electron chi connectivity index (χ2n) is 40.3. The van der Waals surface area contributed by atoms with E-state index in [1.54, 1.807) is 20.8 Å². The first-order valence-corrected chi connectivity index (χ1v) is 36.1. The number of hydrogen-bond donors (Lipinski definition) is 0. The third-order valence-corrected chi connectivity index (χ3v) is 14.2. The number of alkyl halides is 3. The van der Waals surface area contributed by atoms with Crippen molar-refractivity contribution in [3.8, 4) is 12.3 Å². The summed E-state index contributed by atoms with van der Waals surface area (Å²) in [6.07, 6.45) is 25.3. The lowest BCUT2D eigenvalue weighted by Gasteiger charge is -2.31. The number of hydrogen-bond acceptors (Lipinski definition) is 0. The second kappa shape index (κ2) is 58.1. The molecular formula is C90H191F3. The Bertz CT molecular complexity index is 1600. The van der Waals surface area contributed by atoms with E-state index in [-0.39, 0.29) is 41.5 Å². The minimum absolute atomic E-state index is 0. The number of benzene rings is 1. The monoisotopic (exact) mass is 1330 g/mol. The number of terminal acetylenes is 1. The Kier molecular flexibility index (Phi) is 75.9. The van der Waals surface area contributed by atoms with Gasteiger partial charge < -0.3 is 0 Å². The highest BCUT2D eigenvalue weighted by molar-refractivity contribution is 5.22. The van der Waals surface area contributed by atoms with Crippen molar-refractivity contribution in [1.82, 2.24) is 0 Å². The molecule has 3 rings (SSSR count). The number of rotatable bonds is 6. The van der Waals surface area contributed by atoms with Gasteiger partial charge >= 0.3 is 6.18 Å². The van der Waals surface area contributed by atoms with E-state index < -0.39 is 12.6 Å². The molecule has 0 spiro atoms. The zero-order chi connectivity index (χ0) is 73.6. The third kappa shape index (κ3) is 160. The van der Waals surface area contributed by atoms with Gasteiger partial charge in [-0.2, -0.15) is 13.2 Å². The average Bonchev–Trinajstić information content (AvgIpc) is 4.09. The summed E-state index contributed by atoms with van der Waals surface area (Å²) in [5.41, 5.74) is 6.65. The van der Waals surface area contributed by atoms with Gasteiger partial charge in [0.25, 0.3) is 0 Å². The molecule has 0 N–H and O–H groups in total. The maximum Gasteiger partial charge on any atom is 0.389 e. The molecule has 2 fully saturated rings. The zero-order valence-electron chi connectivity index (χ0n) is 70.0. The van der Waals surface area contributed by atoms with Crippen LogP contribution in [-0.4, -0.2) is 6.18 Å². The van der Waals surface area contributed by atoms with Gasteiger partial charge in [0.15, 0.2) is 0 Å². The molecule has 2 aliphatic carbocycles. The van der Waals surface area contributed by atoms with Crippen molar-refractivity contribution in [2.24, 2.45) is 71.4 Å². The van der Waals surface area contributed by atoms with E-state index in [1.165, 1.54) is 102 Å². The molecule has 0 heterocycles. The highest BCUT2D eigenvalue weighted by Crippen LogP contribution is 2.40. The van der Waals surface area contributed by atoms with Gasteiger partial charge in [0, 0.05) is 12.8 Å². The van der Waals surface area contributed by atoms with Gasteiger partial charge in [-0.05, 0) is 121 Å². The van der Waals surface area contributed by atoms with Crippen molar-refractivity contribution < 1.29 is 13.2 Å². The van der Waals surface area contributed by atoms with Gasteiger partial charge in [0.2, 0.25) is 0 Å². The molecule has 0 aliphatic heterocycles. The molecule has 0 nitrogen and oxygen atoms in total. The summed E-state index contributed by atoms with van der Waals surface area (Å²) in [6.45, 7) is 96.6. The zero-order valence-corrected chi connectivity index (χ0v) is 70.0. The van der Waals surface area contributed by atoms with Crippen LogP contribution in [0.5, 0.6) is 0 Å². The minimum Gasteiger partial charge on any atom is -0.171 e. The fourth-order valence-electron chi connectivity index (χ4n) is 6.45. The SMILES string of the molecule is C.C.C.C.C#CCC(C)(C)C.C=CCC(C)(C)C.CC(C)(C)CC1CC1.CC(C)(C)CC1CCC1.CC(C)(C)CCC(F)(F)F.CC(C)(C)c1ccccc1.CCC(C)(C)C.CCC(C)(C)C.CCC(C)(C)C.CCC(C)(C)C.CCCC(C)(C)C.CCCC(C)(C)C. The molecule has 1 aromatic rings. The predicted octanol–water partition coefficient (Wildman–Crippen LogP) is 35.1. The Morgan fingerprint density at radius 2 is 0.634 bits per heavy atom. The van der Waals surface area contributed by atoms with Crippen LogP contribution in [0.25, 0.3) is 0 Å². The Balaban J connectivity index is -0.0000000683. The van der Waals surface area contributed by atoms with E-state index in [2.05, 4.69) is 313 Å². The summed E-state index contributed by atoms with van der Waals surface area (Å²) in [5, 5.41) is 0. The lowest BCUT2D eigenvalue weighted by Crippen LogP contribution is -2.18. The summed E-state index contributed by atoms with van der Waals surface area (Å²) >= 11 is 0. The third-order valence-electron chi connectivity index (χ3n) is 14.2. The fraction of sp³-hybridized carbons (Fsp3) is 0.889. The fourth-order valence-corrected chi connectivity index (χ4v) is 6.45. The Hall–Kier alpha value is -1.69. The Morgan fingerprint density at radius 3 is 0.688 bits per heavy atom. The van der Waals surface area contributed by atoms with E-state index in [4.69, 9.17) is 6.42 Å². The predicted molar refractivity (Wildman–Crippen MR) is 440 cm³/mol. The van der Waals surface area contributed by atoms with Crippen LogP contribution in [0.3, 0.4) is 0 Å². The quantitative estimate of drug-likeness (QED) is 0.197. The van der Waals surface area contributed by atoms with Crippen LogP contribution >= 0.6 is 0 Å². The summed E-state index contributed by atoms with van der Waals surface area (Å²) in [5.74, 6) is 4.77. The molecule has 0 aromatic heterocycles. The smallest absolute Gasteiger partial charge is 0.171 e. The lowest BCUT2D eigenvalue weighted by molar-refractivity contribution is -0.139. The molecule has 93 heavy (non-hydrogen) atoms. The van der Waals surface area contributed by atoms with Gasteiger partial charge in [0.05, 0.1) is 0 Å². The van der Waals surface area contributed by atoms with Crippen molar-refractivity contribution in [2.75, 3.05) is 0 Å². The van der Waals surface area contributed by atoms with Crippen molar-refractivity contribution in [3.05, 3.63) is 48.6 Å². The first kappa shape index (κ1) is 121. The van der Waals surface area contributed by atoms with E-state index in [9.17, 15) is 13.2 Å². The van der Waals surface area contributed by atoms with Crippen molar-refractivity contribution >= 4 is 0 Å². The molecule has 0 unspecified atom stereocenters. The molecule has 0 saturated heterocycles. The lowest BCUT2D eigenvalue weighted by atomic mass is 9.74. The number of halogens is 3. The van der Waals surface area contributed by atoms with E-state index in [0.29, 0.717) is 59.6 Å². The van der Waals surface area contributed by atoms with Gasteiger partial charge in [-0.1, -0.05) is 428 Å². The van der Waals surface area contributed by atoms with Crippen LogP contribution in [-0.2, 0) is 5.41 Å². The van der Waals surface area contributed by atoms with E-state index in [1.807, 2.05) is 6.08 Å². The standard InChI is InChI=1S/C10H14.C9H18.C8H16.C7H13F3.2C7H16.C7H14.C7H12.4C6H14.4CH4/c1-10(2,3)9-7-5-4-6-8-9;1-9(2,3)7-8-5-4-6-8;1-8(2,3)6-7-4-5-7;1-6(2,3)4-5-7(8,9)10;4*1-5-6-7(2,3)4;4*1-5-6(2,3)4;;;;/h4-8H,1-3H3;8H,4-7H2,1-3H3;7H,4-6H2,1-3H3;4-5H2,1-3H3;2*5-6H2,1-4H3;5H,1,6H2,2-4H3;1H,6H2,2-4H3;4*5H2,1-4H3;4*1H4. The average molecular weight is 1330 g/mol. The first-order chi connectivity index (χ1) is 39.0. The maximum atomic E-state index is 11.6. The van der Waals surface area contributed by atoms with Crippen LogP contribution in [0.4, 0.5) is 13.2 Å². The Labute approximate surface area is 596 Å². The van der Waals surface area contributed by atoms with Crippen LogP contribution in [0.1, 0.15) is 448 Å². The molecule has 0 radical (unpaired) electrons. The van der Waals surface area contributed by atoms with Gasteiger partial charge in [-0.15, -0.1) is 18.9 Å². The van der Waals surface area contributed by atoms with Crippen molar-refractivity contribution in [3.63, 3.8) is 0 Å². The second-order valence-corrected chi connectivity index (χ2v) is 40.3. The molecule has 2 saturated carbocycles. The normalized spacial score (nSPS) is 13.2. The van der Waals surface area contributed by atoms with E-state index in [0.717, 1.165) is 24.7 Å². The van der Waals surface area contributed by atoms with Crippen molar-refractivity contribution in [1.29, 1.82) is 0 Å². The molecule has 0 atom stereocenters. The molecule has 572 valence electrons. The summed E-state index contributed by atoms with van der Waals surface area (Å²) in [4.78, 5) is 0. The molecule has 3 heteroatoms. The Morgan fingerprint density at radius 1 is 0.376 bits per heavy atom. The largest absolute Gasteiger partial charge is 0.389 e. The van der Waals surface area contributed by atoms with E-state index >= 15 is 0 Å². The maximum absolute atomic E-state index is 11.6. The van der Waals surface area contributed by atoms with Crippen LogP contribution < -0.4 is 0 Å². The molecular weight excluding hydrogens is 1140 g/mol. The van der Waals surface area contributed by atoms with Crippen LogP contribution in [0.2, 0.25) is 0 Å². The molecule has 0 bridgehead atoms. The molecule has 2 aliphatic rings. The summed E-state index contributed by atoms with van der Waals surface area (Å²) in [7, 11) is 0. The summed E-state index contributed by atoms with van der Waals surface area (Å²) < 4.78 is 34.8. The topological polar surface area (TPSA) is 0 Å². The van der Waals surface area contributed by atoms with Crippen molar-refractivity contribution in [2.45, 2.75) is 454 Å². The minimum atomic E-state index is -3.99. The number of allylic oxidation sites excluding steroid dienone is 1. The highest BCUT2D eigenvalue weighted by atomic mass is 19.4. The highest BCUT2D eigenvalue weighted by Gasteiger charge is 2.29. The summed E-state index contributed by atoms with van der Waals surface area (Å²) in [6, 6.07) is 10.6. The van der Waals surface area contributed by atoms with Crippen LogP contribution in [0, 0.1) is 83.7 Å². The molecule has 0 amide bonds. The van der Waals surface area contributed by atoms with Crippen LogP contribution in [0.15, 0.2) is 43.0 Å². The molecule has 1 aromatic carbocycles.